The Morgan fingerprint density at radius 1 is 1.15 bits per heavy atom. The number of nitrogens with zero attached hydrogens (tertiary/aromatic N) is 2. The molecule has 0 amide bonds. The molecule has 6 heteroatoms. The number of aryl methyl sites for hydroxylation is 1. The van der Waals surface area contributed by atoms with Gasteiger partial charge in [0.2, 0.25) is 0 Å². The first-order valence-corrected chi connectivity index (χ1v) is 7.28. The highest BCUT2D eigenvalue weighted by molar-refractivity contribution is 7.99. The first-order valence-electron chi connectivity index (χ1n) is 6.46. The van der Waals surface area contributed by atoms with Crippen LogP contribution in [0.4, 0.5) is 11.6 Å². The molecule has 106 valence electrons. The molecule has 0 aliphatic heterocycles. The summed E-state index contributed by atoms with van der Waals surface area (Å²) in [7, 11) is 0. The van der Waals surface area contributed by atoms with E-state index in [1.165, 1.54) is 22.9 Å². The molecule has 0 aliphatic carbocycles. The van der Waals surface area contributed by atoms with Crippen molar-refractivity contribution in [3.05, 3.63) is 35.4 Å². The number of hydrogen-bond acceptors (Lipinski definition) is 6. The first kappa shape index (κ1) is 14.6. The van der Waals surface area contributed by atoms with Crippen molar-refractivity contribution in [1.29, 1.82) is 0 Å². The van der Waals surface area contributed by atoms with E-state index in [0.29, 0.717) is 16.8 Å². The monoisotopic (exact) mass is 289 g/mol. The molecule has 1 aromatic carbocycles. The van der Waals surface area contributed by atoms with E-state index < -0.39 is 0 Å². The predicted molar refractivity (Wildman–Crippen MR) is 83.5 cm³/mol. The SMILES string of the molecule is CCNCc1ccc(Sc2nc(N)cc(N)n2)cc1C. The second-order valence-electron chi connectivity index (χ2n) is 4.47. The zero-order chi connectivity index (χ0) is 14.5. The summed E-state index contributed by atoms with van der Waals surface area (Å²) in [6.45, 7) is 6.05. The lowest BCUT2D eigenvalue weighted by molar-refractivity contribution is 0.723. The molecule has 5 nitrogen and oxygen atoms in total. The highest BCUT2D eigenvalue weighted by Gasteiger charge is 2.05. The van der Waals surface area contributed by atoms with Crippen molar-refractivity contribution in [2.24, 2.45) is 0 Å². The molecule has 0 saturated carbocycles. The van der Waals surface area contributed by atoms with Crippen LogP contribution in [0.25, 0.3) is 0 Å². The molecule has 0 unspecified atom stereocenters. The van der Waals surface area contributed by atoms with E-state index in [1.54, 1.807) is 6.07 Å². The topological polar surface area (TPSA) is 89.8 Å². The summed E-state index contributed by atoms with van der Waals surface area (Å²) >= 11 is 1.46. The van der Waals surface area contributed by atoms with Crippen LogP contribution in [-0.4, -0.2) is 16.5 Å². The number of rotatable bonds is 5. The first-order chi connectivity index (χ1) is 9.58. The summed E-state index contributed by atoms with van der Waals surface area (Å²) in [4.78, 5) is 9.41. The molecule has 0 saturated heterocycles. The molecule has 5 N–H and O–H groups in total. The van der Waals surface area contributed by atoms with Gasteiger partial charge in [-0.1, -0.05) is 13.0 Å². The van der Waals surface area contributed by atoms with E-state index in [2.05, 4.69) is 47.3 Å². The highest BCUT2D eigenvalue weighted by Crippen LogP contribution is 2.27. The van der Waals surface area contributed by atoms with Crippen molar-refractivity contribution in [3.63, 3.8) is 0 Å². The fourth-order valence-corrected chi connectivity index (χ4v) is 2.69. The smallest absolute Gasteiger partial charge is 0.196 e. The average Bonchev–Trinajstić information content (AvgIpc) is 2.36. The van der Waals surface area contributed by atoms with Gasteiger partial charge in [-0.05, 0) is 48.5 Å². The minimum Gasteiger partial charge on any atom is -0.383 e. The van der Waals surface area contributed by atoms with Gasteiger partial charge in [0.25, 0.3) is 0 Å². The Hall–Kier alpha value is -1.79. The summed E-state index contributed by atoms with van der Waals surface area (Å²) < 4.78 is 0. The van der Waals surface area contributed by atoms with E-state index in [0.717, 1.165) is 18.0 Å². The molecule has 1 heterocycles. The highest BCUT2D eigenvalue weighted by atomic mass is 32.2. The molecule has 0 fully saturated rings. The quantitative estimate of drug-likeness (QED) is 0.731. The van der Waals surface area contributed by atoms with Crippen LogP contribution >= 0.6 is 11.8 Å². The summed E-state index contributed by atoms with van der Waals surface area (Å²) in [5.74, 6) is 0.779. The Balaban J connectivity index is 2.15. The van der Waals surface area contributed by atoms with Gasteiger partial charge in [0, 0.05) is 17.5 Å². The van der Waals surface area contributed by atoms with Crippen LogP contribution in [0.2, 0.25) is 0 Å². The number of nitrogens with two attached hydrogens (primary N) is 2. The van der Waals surface area contributed by atoms with E-state index in [4.69, 9.17) is 11.5 Å². The lowest BCUT2D eigenvalue weighted by Crippen LogP contribution is -2.12. The number of anilines is 2. The molecule has 0 radical (unpaired) electrons. The van der Waals surface area contributed by atoms with Crippen molar-refractivity contribution in [1.82, 2.24) is 15.3 Å². The Labute approximate surface area is 123 Å². The molecule has 2 aromatic rings. The van der Waals surface area contributed by atoms with E-state index in [-0.39, 0.29) is 0 Å². The maximum atomic E-state index is 5.67. The number of benzene rings is 1. The summed E-state index contributed by atoms with van der Waals surface area (Å²) in [5, 5.41) is 3.90. The van der Waals surface area contributed by atoms with Gasteiger partial charge in [0.15, 0.2) is 5.16 Å². The molecule has 20 heavy (non-hydrogen) atoms. The lowest BCUT2D eigenvalue weighted by Gasteiger charge is -2.08. The van der Waals surface area contributed by atoms with Gasteiger partial charge in [-0.2, -0.15) is 0 Å². The second kappa shape index (κ2) is 6.58. The Morgan fingerprint density at radius 3 is 2.45 bits per heavy atom. The number of nitrogens with one attached hydrogen (secondary N) is 1. The molecular formula is C14H19N5S. The maximum Gasteiger partial charge on any atom is 0.196 e. The van der Waals surface area contributed by atoms with Crippen LogP contribution in [0.3, 0.4) is 0 Å². The Kier molecular flexibility index (Phi) is 4.81. The van der Waals surface area contributed by atoms with Crippen molar-refractivity contribution in [2.45, 2.75) is 30.4 Å². The molecule has 0 aliphatic rings. The third kappa shape index (κ3) is 3.85. The molecule has 2 rings (SSSR count). The Bertz CT molecular complexity index is 580. The lowest BCUT2D eigenvalue weighted by atomic mass is 10.1. The summed E-state index contributed by atoms with van der Waals surface area (Å²) in [5.41, 5.74) is 13.9. The summed E-state index contributed by atoms with van der Waals surface area (Å²) in [6.07, 6.45) is 0. The number of nitrogen functional groups attached to an aromatic ring is 2. The molecule has 1 aromatic heterocycles. The Morgan fingerprint density at radius 2 is 1.85 bits per heavy atom. The number of aromatic nitrogens is 2. The normalized spacial score (nSPS) is 10.7. The standard InChI is InChI=1S/C14H19N5S/c1-3-17-8-10-4-5-11(6-9(10)2)20-14-18-12(15)7-13(16)19-14/h4-7,17H,3,8H2,1-2H3,(H4,15,16,18,19). The van der Waals surface area contributed by atoms with E-state index in [9.17, 15) is 0 Å². The fraction of sp³-hybridized carbons (Fsp3) is 0.286. The van der Waals surface area contributed by atoms with Gasteiger partial charge in [0.1, 0.15) is 11.6 Å². The fourth-order valence-electron chi connectivity index (χ4n) is 1.80. The van der Waals surface area contributed by atoms with Crippen LogP contribution in [0.5, 0.6) is 0 Å². The van der Waals surface area contributed by atoms with Crippen LogP contribution in [0.1, 0.15) is 18.1 Å². The van der Waals surface area contributed by atoms with E-state index >= 15 is 0 Å². The zero-order valence-electron chi connectivity index (χ0n) is 11.7. The van der Waals surface area contributed by atoms with Gasteiger partial charge in [0.05, 0.1) is 0 Å². The van der Waals surface area contributed by atoms with Gasteiger partial charge in [-0.3, -0.25) is 0 Å². The van der Waals surface area contributed by atoms with Gasteiger partial charge >= 0.3 is 0 Å². The van der Waals surface area contributed by atoms with Gasteiger partial charge in [-0.15, -0.1) is 0 Å². The van der Waals surface area contributed by atoms with Crippen molar-refractivity contribution < 1.29 is 0 Å². The third-order valence-corrected chi connectivity index (χ3v) is 3.69. The largest absolute Gasteiger partial charge is 0.383 e. The van der Waals surface area contributed by atoms with Crippen LogP contribution < -0.4 is 16.8 Å². The van der Waals surface area contributed by atoms with Crippen LogP contribution in [-0.2, 0) is 6.54 Å². The summed E-state index contributed by atoms with van der Waals surface area (Å²) in [6, 6.07) is 7.86. The molecule has 0 spiro atoms. The molecule has 0 bridgehead atoms. The van der Waals surface area contributed by atoms with E-state index in [1.807, 2.05) is 0 Å². The maximum absolute atomic E-state index is 5.67. The third-order valence-electron chi connectivity index (χ3n) is 2.83. The van der Waals surface area contributed by atoms with Crippen LogP contribution in [0, 0.1) is 6.92 Å². The van der Waals surface area contributed by atoms with Gasteiger partial charge in [-0.25, -0.2) is 9.97 Å². The van der Waals surface area contributed by atoms with Crippen molar-refractivity contribution in [3.8, 4) is 0 Å². The average molecular weight is 289 g/mol. The minimum atomic E-state index is 0.389. The minimum absolute atomic E-state index is 0.389. The predicted octanol–water partition coefficient (Wildman–Crippen LogP) is 2.21. The second-order valence-corrected chi connectivity index (χ2v) is 5.51. The van der Waals surface area contributed by atoms with Crippen molar-refractivity contribution in [2.75, 3.05) is 18.0 Å². The van der Waals surface area contributed by atoms with Crippen molar-refractivity contribution >= 4 is 23.4 Å². The number of hydrogen-bond donors (Lipinski definition) is 3. The zero-order valence-corrected chi connectivity index (χ0v) is 12.5. The molecule has 0 atom stereocenters. The molecular weight excluding hydrogens is 270 g/mol. The van der Waals surface area contributed by atoms with Crippen LogP contribution in [0.15, 0.2) is 34.3 Å². The van der Waals surface area contributed by atoms with Gasteiger partial charge < -0.3 is 16.8 Å².